The summed E-state index contributed by atoms with van der Waals surface area (Å²) in [7, 11) is 0. The molecule has 5 aromatic carbocycles. The van der Waals surface area contributed by atoms with Crippen molar-refractivity contribution in [1.29, 1.82) is 0 Å². The van der Waals surface area contributed by atoms with Gasteiger partial charge in [-0.3, -0.25) is 0 Å². The molecule has 230 valence electrons. The van der Waals surface area contributed by atoms with Crippen LogP contribution >= 0.6 is 0 Å². The van der Waals surface area contributed by atoms with E-state index >= 15 is 0 Å². The molecule has 0 amide bonds. The Hall–Kier alpha value is -4.24. The summed E-state index contributed by atoms with van der Waals surface area (Å²) in [5, 5.41) is 0. The topological polar surface area (TPSA) is 6.48 Å². The van der Waals surface area contributed by atoms with Crippen molar-refractivity contribution in [3.8, 4) is 0 Å². The molecule has 0 aromatic heterocycles. The highest BCUT2D eigenvalue weighted by molar-refractivity contribution is 7.00. The second kappa shape index (κ2) is 9.22. The Morgan fingerprint density at radius 2 is 1.28 bits per heavy atom. The smallest absolute Gasteiger partial charge is 0.252 e. The summed E-state index contributed by atoms with van der Waals surface area (Å²) in [6.45, 7) is 7.00. The summed E-state index contributed by atoms with van der Waals surface area (Å²) in [5.74, 6) is 3.87. The summed E-state index contributed by atoms with van der Waals surface area (Å²) in [5.41, 5.74) is 18.5. The fraction of sp³-hybridized carbons (Fsp3) is 0.318. The normalized spacial score (nSPS) is 26.8. The monoisotopic (exact) mass is 608 g/mol. The third-order valence-corrected chi connectivity index (χ3v) is 13.5. The largest absolute Gasteiger partial charge is 0.311 e. The number of rotatable bonds is 2. The molecule has 7 aliphatic rings. The SMILES string of the molecule is Cc1ccc2c(c1)N(c1ccc(C(C)C)cc1)c1cccc3c1B2c1cccc2c1N3c1ccccc1C21C2CC3CC(C2)CC1C3. The van der Waals surface area contributed by atoms with Gasteiger partial charge in [-0.25, -0.2) is 0 Å². The van der Waals surface area contributed by atoms with Crippen LogP contribution in [0.1, 0.15) is 74.1 Å². The van der Waals surface area contributed by atoms with Crippen molar-refractivity contribution in [3.63, 3.8) is 0 Å². The summed E-state index contributed by atoms with van der Waals surface area (Å²) in [4.78, 5) is 5.25. The predicted molar refractivity (Wildman–Crippen MR) is 197 cm³/mol. The maximum Gasteiger partial charge on any atom is 0.252 e. The van der Waals surface area contributed by atoms with Crippen molar-refractivity contribution < 1.29 is 0 Å². The Balaban J connectivity index is 1.20. The molecule has 0 radical (unpaired) electrons. The van der Waals surface area contributed by atoms with Crippen molar-refractivity contribution in [3.05, 3.63) is 125 Å². The summed E-state index contributed by atoms with van der Waals surface area (Å²) >= 11 is 0. The number of hydrogen-bond donors (Lipinski definition) is 0. The minimum absolute atomic E-state index is 0.121. The van der Waals surface area contributed by atoms with E-state index in [4.69, 9.17) is 0 Å². The van der Waals surface area contributed by atoms with Crippen molar-refractivity contribution >= 4 is 57.2 Å². The first-order chi connectivity index (χ1) is 23.0. The highest BCUT2D eigenvalue weighted by atomic mass is 15.2. The number of fused-ring (bicyclic) bond motifs is 6. The van der Waals surface area contributed by atoms with Gasteiger partial charge in [0.25, 0.3) is 6.71 Å². The van der Waals surface area contributed by atoms with E-state index in [-0.39, 0.29) is 12.1 Å². The highest BCUT2D eigenvalue weighted by Gasteiger charge is 2.62. The molecule has 0 saturated heterocycles. The Morgan fingerprint density at radius 1 is 0.617 bits per heavy atom. The Bertz CT molecular complexity index is 2100. The minimum Gasteiger partial charge on any atom is -0.311 e. The molecule has 4 saturated carbocycles. The molecule has 5 aromatic rings. The van der Waals surface area contributed by atoms with Gasteiger partial charge < -0.3 is 9.80 Å². The quantitative estimate of drug-likeness (QED) is 0.181. The number of hydrogen-bond acceptors (Lipinski definition) is 2. The predicted octanol–water partition coefficient (Wildman–Crippen LogP) is 9.26. The lowest BCUT2D eigenvalue weighted by atomic mass is 9.32. The lowest BCUT2D eigenvalue weighted by molar-refractivity contribution is -0.0419. The van der Waals surface area contributed by atoms with Crippen molar-refractivity contribution in [2.24, 2.45) is 23.7 Å². The van der Waals surface area contributed by atoms with E-state index in [0.29, 0.717) is 5.92 Å². The van der Waals surface area contributed by atoms with Gasteiger partial charge in [0.15, 0.2) is 0 Å². The highest BCUT2D eigenvalue weighted by Crippen LogP contribution is 2.69. The van der Waals surface area contributed by atoms with Crippen molar-refractivity contribution in [2.45, 2.75) is 64.2 Å². The van der Waals surface area contributed by atoms with Gasteiger partial charge in [-0.2, -0.15) is 0 Å². The third-order valence-electron chi connectivity index (χ3n) is 13.5. The molecule has 2 nitrogen and oxygen atoms in total. The Morgan fingerprint density at radius 3 is 2.02 bits per heavy atom. The first kappa shape index (κ1) is 26.8. The molecule has 4 bridgehead atoms. The van der Waals surface area contributed by atoms with Crippen LogP contribution in [0.4, 0.5) is 34.1 Å². The van der Waals surface area contributed by atoms with E-state index < -0.39 is 0 Å². The van der Waals surface area contributed by atoms with E-state index in [9.17, 15) is 0 Å². The van der Waals surface area contributed by atoms with E-state index in [1.165, 1.54) is 93.7 Å². The zero-order valence-corrected chi connectivity index (χ0v) is 27.7. The van der Waals surface area contributed by atoms with Crippen LogP contribution in [0, 0.1) is 30.6 Å². The third kappa shape index (κ3) is 3.29. The van der Waals surface area contributed by atoms with E-state index in [2.05, 4.69) is 134 Å². The van der Waals surface area contributed by atoms with Gasteiger partial charge >= 0.3 is 0 Å². The summed E-state index contributed by atoms with van der Waals surface area (Å²) in [6.07, 6.45) is 7.10. The van der Waals surface area contributed by atoms with Gasteiger partial charge in [0.1, 0.15) is 0 Å². The fourth-order valence-corrected chi connectivity index (χ4v) is 11.9. The number of anilines is 6. The Kier molecular flexibility index (Phi) is 5.26. The van der Waals surface area contributed by atoms with Crippen molar-refractivity contribution in [2.75, 3.05) is 9.80 Å². The molecule has 4 aliphatic carbocycles. The van der Waals surface area contributed by atoms with Gasteiger partial charge in [0, 0.05) is 33.9 Å². The lowest BCUT2D eigenvalue weighted by Gasteiger charge is -2.64. The van der Waals surface area contributed by atoms with E-state index in [1.54, 1.807) is 11.1 Å². The average molecular weight is 609 g/mol. The molecule has 47 heavy (non-hydrogen) atoms. The molecule has 12 rings (SSSR count). The van der Waals surface area contributed by atoms with Gasteiger partial charge in [-0.05, 0) is 144 Å². The maximum atomic E-state index is 2.70. The molecule has 3 aliphatic heterocycles. The zero-order valence-electron chi connectivity index (χ0n) is 27.7. The minimum atomic E-state index is 0.121. The van der Waals surface area contributed by atoms with E-state index in [0.717, 1.165) is 23.7 Å². The maximum absolute atomic E-state index is 2.70. The molecular weight excluding hydrogens is 567 g/mol. The first-order valence-corrected chi connectivity index (χ1v) is 18.2. The van der Waals surface area contributed by atoms with Crippen LogP contribution in [0.3, 0.4) is 0 Å². The zero-order chi connectivity index (χ0) is 31.2. The molecule has 0 unspecified atom stereocenters. The van der Waals surface area contributed by atoms with Crippen LogP contribution < -0.4 is 26.2 Å². The molecule has 3 heterocycles. The van der Waals surface area contributed by atoms with Crippen LogP contribution in [0.2, 0.25) is 0 Å². The van der Waals surface area contributed by atoms with Crippen LogP contribution in [0.15, 0.2) is 103 Å². The van der Waals surface area contributed by atoms with Gasteiger partial charge in [-0.15, -0.1) is 0 Å². The number of nitrogens with zero attached hydrogens (tertiary/aromatic N) is 2. The molecule has 0 N–H and O–H groups in total. The second-order valence-corrected chi connectivity index (χ2v) is 16.1. The van der Waals surface area contributed by atoms with Crippen LogP contribution in [0.25, 0.3) is 0 Å². The van der Waals surface area contributed by atoms with E-state index in [1.807, 2.05) is 0 Å². The van der Waals surface area contributed by atoms with Crippen LogP contribution in [0.5, 0.6) is 0 Å². The molecule has 3 heteroatoms. The summed E-state index contributed by atoms with van der Waals surface area (Å²) in [6, 6.07) is 40.7. The second-order valence-electron chi connectivity index (χ2n) is 16.1. The first-order valence-electron chi connectivity index (χ1n) is 18.2. The molecule has 1 spiro atoms. The molecular formula is C44H41BN2. The Labute approximate surface area is 279 Å². The number of aryl methyl sites for hydroxylation is 1. The molecule has 4 fully saturated rings. The number of benzene rings is 5. The van der Waals surface area contributed by atoms with Crippen LogP contribution in [-0.2, 0) is 5.41 Å². The number of para-hydroxylation sites is 2. The van der Waals surface area contributed by atoms with Crippen LogP contribution in [-0.4, -0.2) is 6.71 Å². The summed E-state index contributed by atoms with van der Waals surface area (Å²) < 4.78 is 0. The van der Waals surface area contributed by atoms with Gasteiger partial charge in [0.05, 0.1) is 5.69 Å². The lowest BCUT2D eigenvalue weighted by Crippen LogP contribution is -2.64. The fourth-order valence-electron chi connectivity index (χ4n) is 11.9. The average Bonchev–Trinajstić information content (AvgIpc) is 3.08. The van der Waals surface area contributed by atoms with Gasteiger partial charge in [0.2, 0.25) is 0 Å². The van der Waals surface area contributed by atoms with Gasteiger partial charge in [-0.1, -0.05) is 80.6 Å². The standard InChI is InChI=1S/C44H41BN2/c1-26(2)30-15-17-33(18-16-30)46-39-12-7-13-40-42(39)45(36-19-14-27(3)20-41(36)46)37-10-6-9-35-43(37)47(40)38-11-5-4-8-34(38)44(35)31-22-28-21-29(24-31)25-32(44)23-28/h4-20,26,28-29,31-32H,21-25H2,1-3H3. The van der Waals surface area contributed by atoms with Crippen molar-refractivity contribution in [1.82, 2.24) is 0 Å². The molecule has 0 atom stereocenters.